The molecule has 31 heavy (non-hydrogen) atoms. The third-order valence-corrected chi connectivity index (χ3v) is 4.88. The summed E-state index contributed by atoms with van der Waals surface area (Å²) in [6, 6.07) is 8.39. The Labute approximate surface area is 182 Å². The second kappa shape index (κ2) is 10.2. The number of fused-ring (bicyclic) bond motifs is 1. The molecule has 170 valence electrons. The van der Waals surface area contributed by atoms with Gasteiger partial charge >= 0.3 is 12.3 Å². The van der Waals surface area contributed by atoms with E-state index in [4.69, 9.17) is 4.74 Å². The fourth-order valence-corrected chi connectivity index (χ4v) is 3.70. The maximum Gasteiger partial charge on any atom is 0.433 e. The van der Waals surface area contributed by atoms with Crippen molar-refractivity contribution >= 4 is 6.09 Å². The lowest BCUT2D eigenvalue weighted by Gasteiger charge is -2.28. The van der Waals surface area contributed by atoms with Crippen molar-refractivity contribution in [2.24, 2.45) is 0 Å². The van der Waals surface area contributed by atoms with Gasteiger partial charge in [-0.2, -0.15) is 13.2 Å². The van der Waals surface area contributed by atoms with Crippen molar-refractivity contribution < 1.29 is 22.7 Å². The van der Waals surface area contributed by atoms with Crippen LogP contribution in [0.3, 0.4) is 0 Å². The molecular formula is C24H31F3N2O2. The summed E-state index contributed by atoms with van der Waals surface area (Å²) < 4.78 is 44.5. The molecule has 0 fully saturated rings. The van der Waals surface area contributed by atoms with Crippen molar-refractivity contribution in [3.05, 3.63) is 53.3 Å². The van der Waals surface area contributed by atoms with E-state index >= 15 is 0 Å². The van der Waals surface area contributed by atoms with E-state index < -0.39 is 23.6 Å². The fourth-order valence-electron chi connectivity index (χ4n) is 3.70. The van der Waals surface area contributed by atoms with Crippen LogP contribution < -0.4 is 5.32 Å². The maximum absolute atomic E-state index is 13.1. The molecule has 1 aliphatic rings. The van der Waals surface area contributed by atoms with Crippen LogP contribution in [-0.4, -0.2) is 23.2 Å². The van der Waals surface area contributed by atoms with Gasteiger partial charge in [0.2, 0.25) is 0 Å². The first-order chi connectivity index (χ1) is 14.5. The van der Waals surface area contributed by atoms with Gasteiger partial charge in [0.15, 0.2) is 0 Å². The van der Waals surface area contributed by atoms with E-state index in [0.717, 1.165) is 42.0 Å². The summed E-state index contributed by atoms with van der Waals surface area (Å²) >= 11 is 0. The Morgan fingerprint density at radius 1 is 1.19 bits per heavy atom. The van der Waals surface area contributed by atoms with Gasteiger partial charge in [-0.05, 0) is 74.4 Å². The molecule has 1 N–H and O–H groups in total. The molecule has 1 unspecified atom stereocenters. The number of benzene rings is 1. The molecule has 0 spiro atoms. The molecular weight excluding hydrogens is 405 g/mol. The first kappa shape index (κ1) is 24.7. The summed E-state index contributed by atoms with van der Waals surface area (Å²) in [5, 5.41) is 2.82. The van der Waals surface area contributed by atoms with Crippen LogP contribution in [0.2, 0.25) is 0 Å². The number of hydrogen-bond acceptors (Lipinski definition) is 3. The highest BCUT2D eigenvalue weighted by atomic mass is 19.4. The molecule has 1 aromatic carbocycles. The number of pyridine rings is 1. The monoisotopic (exact) mass is 436 g/mol. The molecule has 4 nitrogen and oxygen atoms in total. The van der Waals surface area contributed by atoms with E-state index in [1.165, 1.54) is 6.20 Å². The Bertz CT molecular complexity index is 889. The normalized spacial score (nSPS) is 15.9. The van der Waals surface area contributed by atoms with E-state index in [0.29, 0.717) is 12.1 Å². The average Bonchev–Trinajstić information content (AvgIpc) is 2.71. The van der Waals surface area contributed by atoms with Crippen molar-refractivity contribution in [2.75, 3.05) is 6.54 Å². The number of amides is 1. The molecule has 7 heteroatoms. The molecule has 0 radical (unpaired) electrons. The topological polar surface area (TPSA) is 51.2 Å². The van der Waals surface area contributed by atoms with E-state index in [-0.39, 0.29) is 5.92 Å². The molecule has 0 bridgehead atoms. The van der Waals surface area contributed by atoms with E-state index in [2.05, 4.69) is 10.3 Å². The van der Waals surface area contributed by atoms with Crippen LogP contribution >= 0.6 is 0 Å². The van der Waals surface area contributed by atoms with Gasteiger partial charge in [-0.15, -0.1) is 0 Å². The first-order valence-corrected chi connectivity index (χ1v) is 10.7. The number of aromatic nitrogens is 1. The smallest absolute Gasteiger partial charge is 0.433 e. The summed E-state index contributed by atoms with van der Waals surface area (Å²) in [5.74, 6) is 0.0927. The highest BCUT2D eigenvalue weighted by molar-refractivity contribution is 5.70. The molecule has 0 aliphatic heterocycles. The highest BCUT2D eigenvalue weighted by Crippen LogP contribution is 2.38. The minimum atomic E-state index is -4.48. The lowest BCUT2D eigenvalue weighted by atomic mass is 9.79. The summed E-state index contributed by atoms with van der Waals surface area (Å²) in [6.07, 6.45) is -1.16. The Balaban J connectivity index is 0.00000166. The number of carbonyl (C=O) groups excluding carboxylic acids is 1. The second-order valence-electron chi connectivity index (χ2n) is 8.27. The molecule has 0 saturated carbocycles. The molecule has 2 aromatic rings. The summed E-state index contributed by atoms with van der Waals surface area (Å²) in [5.41, 5.74) is 1.93. The van der Waals surface area contributed by atoms with Crippen LogP contribution in [0.5, 0.6) is 0 Å². The summed E-state index contributed by atoms with van der Waals surface area (Å²) in [7, 11) is 0. The zero-order chi connectivity index (χ0) is 23.2. The number of alkyl halides is 3. The van der Waals surface area contributed by atoms with Crippen molar-refractivity contribution in [1.82, 2.24) is 10.3 Å². The van der Waals surface area contributed by atoms with Gasteiger partial charge in [0.1, 0.15) is 11.3 Å². The van der Waals surface area contributed by atoms with Crippen molar-refractivity contribution in [3.63, 3.8) is 0 Å². The first-order valence-electron chi connectivity index (χ1n) is 10.7. The van der Waals surface area contributed by atoms with E-state index in [1.807, 2.05) is 32.0 Å². The molecule has 3 rings (SSSR count). The number of halogens is 3. The fraction of sp³-hybridized carbons (Fsp3) is 0.500. The van der Waals surface area contributed by atoms with Crippen LogP contribution in [0, 0.1) is 0 Å². The van der Waals surface area contributed by atoms with Crippen molar-refractivity contribution in [1.29, 1.82) is 0 Å². The van der Waals surface area contributed by atoms with Crippen molar-refractivity contribution in [3.8, 4) is 11.1 Å². The zero-order valence-corrected chi connectivity index (χ0v) is 18.8. The lowest BCUT2D eigenvalue weighted by molar-refractivity contribution is -0.141. The SMILES string of the molecule is CC.CC(C)(C)OC(=O)NCC1CCCc2c(-c3ccnc(C(F)(F)F)c3)cccc21. The molecule has 1 aliphatic carbocycles. The summed E-state index contributed by atoms with van der Waals surface area (Å²) in [6.45, 7) is 9.84. The van der Waals surface area contributed by atoms with Crippen LogP contribution in [0.25, 0.3) is 11.1 Å². The van der Waals surface area contributed by atoms with E-state index in [9.17, 15) is 18.0 Å². The average molecular weight is 437 g/mol. The van der Waals surface area contributed by atoms with Crippen LogP contribution in [-0.2, 0) is 17.3 Å². The molecule has 1 atom stereocenters. The predicted octanol–water partition coefficient (Wildman–Crippen LogP) is 6.74. The van der Waals surface area contributed by atoms with Gasteiger partial charge in [0.05, 0.1) is 0 Å². The Hall–Kier alpha value is -2.57. The zero-order valence-electron chi connectivity index (χ0n) is 18.8. The lowest BCUT2D eigenvalue weighted by Crippen LogP contribution is -2.35. The highest BCUT2D eigenvalue weighted by Gasteiger charge is 2.33. The molecule has 0 saturated heterocycles. The number of nitrogens with zero attached hydrogens (tertiary/aromatic N) is 1. The van der Waals surface area contributed by atoms with Gasteiger partial charge in [-0.1, -0.05) is 32.0 Å². The standard InChI is InChI=1S/C22H25F3N2O2.C2H6/c1-21(2,3)29-20(28)27-13-15-6-4-9-18-16(7-5-8-17(15)18)14-10-11-26-19(12-14)22(23,24)25;1-2/h5,7-8,10-12,15H,4,6,9,13H2,1-3H3,(H,27,28);1-2H3. The third kappa shape index (κ3) is 6.71. The van der Waals surface area contributed by atoms with Gasteiger partial charge in [-0.3, -0.25) is 4.98 Å². The largest absolute Gasteiger partial charge is 0.444 e. The van der Waals surface area contributed by atoms with Crippen molar-refractivity contribution in [2.45, 2.75) is 71.6 Å². The van der Waals surface area contributed by atoms with Gasteiger partial charge in [-0.25, -0.2) is 4.79 Å². The molecule has 1 heterocycles. The Morgan fingerprint density at radius 2 is 1.90 bits per heavy atom. The summed E-state index contributed by atoms with van der Waals surface area (Å²) in [4.78, 5) is 15.4. The number of hydrogen-bond donors (Lipinski definition) is 1. The number of carbonyl (C=O) groups is 1. The maximum atomic E-state index is 13.1. The molecule has 1 aromatic heterocycles. The van der Waals surface area contributed by atoms with Crippen LogP contribution in [0.1, 0.15) is 70.2 Å². The number of alkyl carbamates (subject to hydrolysis) is 1. The van der Waals surface area contributed by atoms with E-state index in [1.54, 1.807) is 26.8 Å². The quantitative estimate of drug-likeness (QED) is 0.580. The Kier molecular flexibility index (Phi) is 8.09. The molecule has 1 amide bonds. The third-order valence-electron chi connectivity index (χ3n) is 4.88. The minimum absolute atomic E-state index is 0.0927. The second-order valence-corrected chi connectivity index (χ2v) is 8.27. The van der Waals surface area contributed by atoms with Gasteiger partial charge in [0, 0.05) is 18.7 Å². The predicted molar refractivity (Wildman–Crippen MR) is 116 cm³/mol. The number of nitrogens with one attached hydrogen (secondary N) is 1. The van der Waals surface area contributed by atoms with Gasteiger partial charge in [0.25, 0.3) is 0 Å². The van der Waals surface area contributed by atoms with Gasteiger partial charge < -0.3 is 10.1 Å². The number of rotatable bonds is 3. The Morgan fingerprint density at radius 3 is 2.55 bits per heavy atom. The van der Waals surface area contributed by atoms with Crippen LogP contribution in [0.4, 0.5) is 18.0 Å². The van der Waals surface area contributed by atoms with Crippen LogP contribution in [0.15, 0.2) is 36.5 Å². The number of ether oxygens (including phenoxy) is 1. The minimum Gasteiger partial charge on any atom is -0.444 e.